The van der Waals surface area contributed by atoms with Gasteiger partial charge in [0.05, 0.1) is 4.91 Å². The van der Waals surface area contributed by atoms with Crippen molar-refractivity contribution in [2.75, 3.05) is 13.1 Å². The van der Waals surface area contributed by atoms with Crippen LogP contribution in [0.25, 0.3) is 6.08 Å². The number of carbonyl (C=O) groups is 2. The van der Waals surface area contributed by atoms with E-state index >= 15 is 0 Å². The summed E-state index contributed by atoms with van der Waals surface area (Å²) in [5.41, 5.74) is 0.975. The molecule has 0 aromatic heterocycles. The zero-order valence-electron chi connectivity index (χ0n) is 16.0. The molecule has 3 fully saturated rings. The SMILES string of the molecule is O=C(C(C1CCCC1)N1C(=O)/C(=C/c2ccccc2)SC1=S)N1CCCCC1. The lowest BCUT2D eigenvalue weighted by molar-refractivity contribution is -0.142. The monoisotopic (exact) mass is 414 g/mol. The van der Waals surface area contributed by atoms with Gasteiger partial charge in [0.2, 0.25) is 5.91 Å². The van der Waals surface area contributed by atoms with Crippen LogP contribution >= 0.6 is 24.0 Å². The fourth-order valence-corrected chi connectivity index (χ4v) is 5.85. The summed E-state index contributed by atoms with van der Waals surface area (Å²) in [6.07, 6.45) is 9.42. The summed E-state index contributed by atoms with van der Waals surface area (Å²) in [4.78, 5) is 31.0. The van der Waals surface area contributed by atoms with Gasteiger partial charge in [-0.05, 0) is 49.7 Å². The summed E-state index contributed by atoms with van der Waals surface area (Å²) in [7, 11) is 0. The summed E-state index contributed by atoms with van der Waals surface area (Å²) < 4.78 is 0.523. The maximum atomic E-state index is 13.5. The lowest BCUT2D eigenvalue weighted by atomic mass is 9.94. The number of thiocarbonyl (C=S) groups is 1. The zero-order chi connectivity index (χ0) is 19.5. The minimum atomic E-state index is -0.435. The Balaban J connectivity index is 1.62. The summed E-state index contributed by atoms with van der Waals surface area (Å²) >= 11 is 6.93. The highest BCUT2D eigenvalue weighted by molar-refractivity contribution is 8.26. The Morgan fingerprint density at radius 1 is 1.07 bits per heavy atom. The van der Waals surface area contributed by atoms with Crippen LogP contribution in [-0.2, 0) is 9.59 Å². The fraction of sp³-hybridized carbons (Fsp3) is 0.500. The highest BCUT2D eigenvalue weighted by atomic mass is 32.2. The largest absolute Gasteiger partial charge is 0.341 e. The number of rotatable bonds is 4. The number of nitrogens with zero attached hydrogens (tertiary/aromatic N) is 2. The molecule has 148 valence electrons. The molecule has 1 aliphatic carbocycles. The highest BCUT2D eigenvalue weighted by Gasteiger charge is 2.46. The second-order valence-corrected chi connectivity index (χ2v) is 9.51. The Morgan fingerprint density at radius 3 is 2.43 bits per heavy atom. The van der Waals surface area contributed by atoms with Crippen LogP contribution in [0, 0.1) is 5.92 Å². The number of hydrogen-bond donors (Lipinski definition) is 0. The quantitative estimate of drug-likeness (QED) is 0.539. The molecule has 1 unspecified atom stereocenters. The molecule has 0 radical (unpaired) electrons. The molecule has 1 aromatic rings. The van der Waals surface area contributed by atoms with E-state index in [-0.39, 0.29) is 17.7 Å². The molecule has 1 aromatic carbocycles. The summed E-state index contributed by atoms with van der Waals surface area (Å²) in [6.45, 7) is 1.60. The minimum absolute atomic E-state index is 0.101. The van der Waals surface area contributed by atoms with Crippen LogP contribution < -0.4 is 0 Å². The fourth-order valence-electron chi connectivity index (χ4n) is 4.52. The first-order valence-corrected chi connectivity index (χ1v) is 11.5. The van der Waals surface area contributed by atoms with Gasteiger partial charge in [-0.2, -0.15) is 0 Å². The van der Waals surface area contributed by atoms with Gasteiger partial charge >= 0.3 is 0 Å². The lowest BCUT2D eigenvalue weighted by Crippen LogP contribution is -2.54. The second-order valence-electron chi connectivity index (χ2n) is 7.84. The van der Waals surface area contributed by atoms with Crippen molar-refractivity contribution < 1.29 is 9.59 Å². The van der Waals surface area contributed by atoms with Crippen molar-refractivity contribution >= 4 is 46.2 Å². The molecule has 4 rings (SSSR count). The molecule has 0 bridgehead atoms. The molecule has 3 aliphatic rings. The van der Waals surface area contributed by atoms with Gasteiger partial charge in [-0.15, -0.1) is 0 Å². The van der Waals surface area contributed by atoms with Gasteiger partial charge < -0.3 is 4.90 Å². The second kappa shape index (κ2) is 8.78. The molecule has 1 atom stereocenters. The average Bonchev–Trinajstić information content (AvgIpc) is 3.34. The topological polar surface area (TPSA) is 40.6 Å². The van der Waals surface area contributed by atoms with Gasteiger partial charge in [0, 0.05) is 13.1 Å². The molecule has 2 aliphatic heterocycles. The predicted octanol–water partition coefficient (Wildman–Crippen LogP) is 4.46. The third-order valence-electron chi connectivity index (χ3n) is 5.97. The average molecular weight is 415 g/mol. The third-order valence-corrected chi connectivity index (χ3v) is 7.30. The number of piperidine rings is 1. The van der Waals surface area contributed by atoms with Crippen LogP contribution in [0.2, 0.25) is 0 Å². The van der Waals surface area contributed by atoms with E-state index in [1.807, 2.05) is 41.3 Å². The maximum absolute atomic E-state index is 13.5. The van der Waals surface area contributed by atoms with Gasteiger partial charge in [0.1, 0.15) is 10.4 Å². The molecule has 1 saturated carbocycles. The smallest absolute Gasteiger partial charge is 0.266 e. The Hall–Kier alpha value is -1.66. The first-order chi connectivity index (χ1) is 13.6. The van der Waals surface area contributed by atoms with Crippen LogP contribution in [0.4, 0.5) is 0 Å². The predicted molar refractivity (Wildman–Crippen MR) is 118 cm³/mol. The van der Waals surface area contributed by atoms with Crippen molar-refractivity contribution in [3.8, 4) is 0 Å². The van der Waals surface area contributed by atoms with Crippen molar-refractivity contribution in [2.45, 2.75) is 51.0 Å². The standard InChI is InChI=1S/C22H26N2O2S2/c25-20-18(15-16-9-3-1-4-10-16)28-22(27)24(20)19(17-11-5-6-12-17)21(26)23-13-7-2-8-14-23/h1,3-4,9-10,15,17,19H,2,5-8,11-14H2/b18-15-. The van der Waals surface area contributed by atoms with Crippen LogP contribution in [0.5, 0.6) is 0 Å². The molecular formula is C22H26N2O2S2. The van der Waals surface area contributed by atoms with E-state index in [4.69, 9.17) is 12.2 Å². The van der Waals surface area contributed by atoms with Crippen molar-refractivity contribution in [1.82, 2.24) is 9.80 Å². The van der Waals surface area contributed by atoms with Gasteiger partial charge in [-0.25, -0.2) is 0 Å². The Morgan fingerprint density at radius 2 is 1.75 bits per heavy atom. The molecule has 2 saturated heterocycles. The maximum Gasteiger partial charge on any atom is 0.266 e. The Bertz CT molecular complexity index is 781. The van der Waals surface area contributed by atoms with E-state index in [1.165, 1.54) is 18.2 Å². The van der Waals surface area contributed by atoms with E-state index in [1.54, 1.807) is 4.90 Å². The molecule has 28 heavy (non-hydrogen) atoms. The molecule has 2 amide bonds. The van der Waals surface area contributed by atoms with Gasteiger partial charge in [0.25, 0.3) is 5.91 Å². The van der Waals surface area contributed by atoms with Crippen LogP contribution in [0.1, 0.15) is 50.5 Å². The first-order valence-electron chi connectivity index (χ1n) is 10.3. The van der Waals surface area contributed by atoms with Crippen molar-refractivity contribution in [2.24, 2.45) is 5.92 Å². The minimum Gasteiger partial charge on any atom is -0.341 e. The molecule has 0 spiro atoms. The number of hydrogen-bond acceptors (Lipinski definition) is 4. The highest BCUT2D eigenvalue weighted by Crippen LogP contribution is 2.39. The molecule has 6 heteroatoms. The van der Waals surface area contributed by atoms with Crippen molar-refractivity contribution in [1.29, 1.82) is 0 Å². The number of benzene rings is 1. The van der Waals surface area contributed by atoms with E-state index in [0.717, 1.165) is 57.2 Å². The van der Waals surface area contributed by atoms with E-state index in [9.17, 15) is 9.59 Å². The van der Waals surface area contributed by atoms with Crippen molar-refractivity contribution in [3.05, 3.63) is 40.8 Å². The van der Waals surface area contributed by atoms with E-state index < -0.39 is 6.04 Å². The summed E-state index contributed by atoms with van der Waals surface area (Å²) in [5.74, 6) is 0.206. The Labute approximate surface area is 176 Å². The first kappa shape index (κ1) is 19.6. The van der Waals surface area contributed by atoms with Crippen LogP contribution in [0.3, 0.4) is 0 Å². The van der Waals surface area contributed by atoms with Gasteiger partial charge in [0.15, 0.2) is 0 Å². The van der Waals surface area contributed by atoms with Gasteiger partial charge in [-0.3, -0.25) is 14.5 Å². The van der Waals surface area contributed by atoms with Crippen molar-refractivity contribution in [3.63, 3.8) is 0 Å². The third kappa shape index (κ3) is 4.03. The van der Waals surface area contributed by atoms with E-state index in [2.05, 4.69) is 0 Å². The summed E-state index contributed by atoms with van der Waals surface area (Å²) in [5, 5.41) is 0. The summed E-state index contributed by atoms with van der Waals surface area (Å²) in [6, 6.07) is 9.37. The van der Waals surface area contributed by atoms with Gasteiger partial charge in [-0.1, -0.05) is 67.2 Å². The normalized spacial score (nSPS) is 23.6. The molecule has 2 heterocycles. The number of carbonyl (C=O) groups excluding carboxylic acids is 2. The molecule has 0 N–H and O–H groups in total. The number of thioether (sulfide) groups is 1. The van der Waals surface area contributed by atoms with Crippen LogP contribution in [0.15, 0.2) is 35.2 Å². The Kier molecular flexibility index (Phi) is 6.16. The van der Waals surface area contributed by atoms with Crippen LogP contribution in [-0.4, -0.2) is 45.1 Å². The molecule has 4 nitrogen and oxygen atoms in total. The lowest BCUT2D eigenvalue weighted by Gasteiger charge is -2.36. The van der Waals surface area contributed by atoms with E-state index in [0.29, 0.717) is 9.23 Å². The number of likely N-dealkylation sites (tertiary alicyclic amines) is 1. The zero-order valence-corrected chi connectivity index (χ0v) is 17.6. The molecular weight excluding hydrogens is 388 g/mol. The number of amides is 2.